The van der Waals surface area contributed by atoms with Gasteiger partial charge < -0.3 is 5.32 Å². The van der Waals surface area contributed by atoms with Gasteiger partial charge in [0.15, 0.2) is 0 Å². The van der Waals surface area contributed by atoms with E-state index in [1.54, 1.807) is 4.80 Å². The third-order valence-electron chi connectivity index (χ3n) is 3.78. The lowest BCUT2D eigenvalue weighted by Gasteiger charge is -2.20. The van der Waals surface area contributed by atoms with Crippen LogP contribution < -0.4 is 5.32 Å². The molecule has 3 rings (SSSR count). The van der Waals surface area contributed by atoms with E-state index in [4.69, 9.17) is 0 Å². The molecule has 20 heavy (non-hydrogen) atoms. The third-order valence-corrected chi connectivity index (χ3v) is 3.78. The molecule has 2 aromatic rings. The van der Waals surface area contributed by atoms with Gasteiger partial charge in [0, 0.05) is 0 Å². The molecule has 0 aliphatic heterocycles. The van der Waals surface area contributed by atoms with Crippen LogP contribution in [0.5, 0.6) is 0 Å². The third kappa shape index (κ3) is 2.65. The molecule has 0 saturated carbocycles. The van der Waals surface area contributed by atoms with E-state index in [9.17, 15) is 0 Å². The minimum atomic E-state index is 0.188. The van der Waals surface area contributed by atoms with E-state index in [1.807, 2.05) is 43.6 Å². The highest BCUT2D eigenvalue weighted by Gasteiger charge is 2.19. The number of likely N-dealkylation sites (N-methyl/N-ethyl adjacent to an activating group) is 1. The summed E-state index contributed by atoms with van der Waals surface area (Å²) in [5.74, 6) is 0. The maximum absolute atomic E-state index is 4.63. The van der Waals surface area contributed by atoms with Gasteiger partial charge in [-0.25, -0.2) is 0 Å². The quantitative estimate of drug-likeness (QED) is 0.867. The molecule has 1 atom stereocenters. The van der Waals surface area contributed by atoms with Crippen molar-refractivity contribution in [1.82, 2.24) is 20.3 Å². The molecule has 0 fully saturated rings. The first kappa shape index (κ1) is 13.1. The zero-order valence-corrected chi connectivity index (χ0v) is 11.8. The van der Waals surface area contributed by atoms with Gasteiger partial charge in [-0.3, -0.25) is 0 Å². The Labute approximate surface area is 119 Å². The summed E-state index contributed by atoms with van der Waals surface area (Å²) in [6.07, 6.45) is 9.13. The van der Waals surface area contributed by atoms with Crippen LogP contribution in [0.2, 0.25) is 0 Å². The first-order chi connectivity index (χ1) is 9.88. The largest absolute Gasteiger partial charge is 0.308 e. The molecule has 1 N–H and O–H groups in total. The molecule has 0 bridgehead atoms. The highest BCUT2D eigenvalue weighted by atomic mass is 15.5. The fraction of sp³-hybridized carbons (Fsp3) is 0.375. The Balaban J connectivity index is 1.86. The topological polar surface area (TPSA) is 42.7 Å². The fourth-order valence-corrected chi connectivity index (χ4v) is 2.74. The molecule has 0 radical (unpaired) electrons. The van der Waals surface area contributed by atoms with E-state index in [0.717, 1.165) is 17.8 Å². The average Bonchev–Trinajstić information content (AvgIpc) is 3.00. The summed E-state index contributed by atoms with van der Waals surface area (Å²) in [4.78, 5) is 1.70. The number of hydrogen-bond donors (Lipinski definition) is 1. The summed E-state index contributed by atoms with van der Waals surface area (Å²) < 4.78 is 0. The fourth-order valence-electron chi connectivity index (χ4n) is 2.74. The van der Waals surface area contributed by atoms with Gasteiger partial charge in [-0.1, -0.05) is 29.8 Å². The minimum Gasteiger partial charge on any atom is -0.308 e. The van der Waals surface area contributed by atoms with Gasteiger partial charge in [0.05, 0.1) is 17.9 Å². The molecule has 0 spiro atoms. The Kier molecular flexibility index (Phi) is 3.92. The van der Waals surface area contributed by atoms with Gasteiger partial charge >= 0.3 is 0 Å². The summed E-state index contributed by atoms with van der Waals surface area (Å²) in [7, 11) is 1.99. The first-order valence-corrected chi connectivity index (χ1v) is 7.22. The van der Waals surface area contributed by atoms with E-state index in [1.165, 1.54) is 24.8 Å². The van der Waals surface area contributed by atoms with E-state index in [2.05, 4.69) is 21.6 Å². The summed E-state index contributed by atoms with van der Waals surface area (Å²) in [5.41, 5.74) is 3.43. The molecule has 104 valence electrons. The molecule has 1 aliphatic carbocycles. The van der Waals surface area contributed by atoms with E-state index >= 15 is 0 Å². The SMILES string of the molecule is CNC(C1=CCCCC1)c1cnn(-c2ccccc2)n1. The Hall–Kier alpha value is -1.94. The van der Waals surface area contributed by atoms with E-state index in [-0.39, 0.29) is 6.04 Å². The highest BCUT2D eigenvalue weighted by Crippen LogP contribution is 2.28. The Morgan fingerprint density at radius 1 is 1.20 bits per heavy atom. The van der Waals surface area contributed by atoms with Crippen molar-refractivity contribution in [3.05, 3.63) is 53.9 Å². The predicted molar refractivity (Wildman–Crippen MR) is 79.7 cm³/mol. The average molecular weight is 268 g/mol. The van der Waals surface area contributed by atoms with Crippen molar-refractivity contribution in [1.29, 1.82) is 0 Å². The summed E-state index contributed by atoms with van der Waals surface area (Å²) in [6.45, 7) is 0. The van der Waals surface area contributed by atoms with Crippen LogP contribution in [0.3, 0.4) is 0 Å². The van der Waals surface area contributed by atoms with Crippen LogP contribution in [-0.2, 0) is 0 Å². The van der Waals surface area contributed by atoms with Crippen molar-refractivity contribution in [2.75, 3.05) is 7.05 Å². The van der Waals surface area contributed by atoms with E-state index < -0.39 is 0 Å². The lowest BCUT2D eigenvalue weighted by molar-refractivity contribution is 0.577. The summed E-state index contributed by atoms with van der Waals surface area (Å²) >= 11 is 0. The molecule has 4 nitrogen and oxygen atoms in total. The van der Waals surface area contributed by atoms with Crippen molar-refractivity contribution in [2.45, 2.75) is 31.7 Å². The molecular weight excluding hydrogens is 248 g/mol. The van der Waals surface area contributed by atoms with Crippen molar-refractivity contribution in [2.24, 2.45) is 0 Å². The van der Waals surface area contributed by atoms with Crippen LogP contribution in [-0.4, -0.2) is 22.0 Å². The van der Waals surface area contributed by atoms with Crippen LogP contribution in [0.1, 0.15) is 37.4 Å². The van der Waals surface area contributed by atoms with Crippen molar-refractivity contribution < 1.29 is 0 Å². The maximum atomic E-state index is 4.63. The molecule has 1 aromatic carbocycles. The van der Waals surface area contributed by atoms with Gasteiger partial charge in [-0.05, 0) is 44.9 Å². The van der Waals surface area contributed by atoms with Crippen molar-refractivity contribution in [3.63, 3.8) is 0 Å². The predicted octanol–water partition coefficient (Wildman–Crippen LogP) is 3.03. The van der Waals surface area contributed by atoms with Gasteiger partial charge in [0.2, 0.25) is 0 Å². The molecule has 0 saturated heterocycles. The number of aromatic nitrogens is 3. The van der Waals surface area contributed by atoms with Crippen LogP contribution in [0.15, 0.2) is 48.2 Å². The molecular formula is C16H20N4. The normalized spacial score (nSPS) is 16.8. The van der Waals surface area contributed by atoms with Crippen molar-refractivity contribution >= 4 is 0 Å². The number of benzene rings is 1. The number of nitrogens with zero attached hydrogens (tertiary/aromatic N) is 3. The van der Waals surface area contributed by atoms with E-state index in [0.29, 0.717) is 0 Å². The number of allylic oxidation sites excluding steroid dienone is 1. The van der Waals surface area contributed by atoms with Gasteiger partial charge in [-0.2, -0.15) is 15.0 Å². The zero-order chi connectivity index (χ0) is 13.8. The highest BCUT2D eigenvalue weighted by molar-refractivity contribution is 5.29. The van der Waals surface area contributed by atoms with Crippen LogP contribution >= 0.6 is 0 Å². The second-order valence-corrected chi connectivity index (χ2v) is 5.14. The Morgan fingerprint density at radius 2 is 2.05 bits per heavy atom. The molecule has 4 heteroatoms. The number of nitrogens with one attached hydrogen (secondary N) is 1. The van der Waals surface area contributed by atoms with Gasteiger partial charge in [-0.15, -0.1) is 0 Å². The van der Waals surface area contributed by atoms with Crippen LogP contribution in [0.4, 0.5) is 0 Å². The smallest absolute Gasteiger partial charge is 0.104 e. The van der Waals surface area contributed by atoms with Gasteiger partial charge in [0.25, 0.3) is 0 Å². The monoisotopic (exact) mass is 268 g/mol. The van der Waals surface area contributed by atoms with Crippen LogP contribution in [0, 0.1) is 0 Å². The maximum Gasteiger partial charge on any atom is 0.104 e. The summed E-state index contributed by atoms with van der Waals surface area (Å²) in [6, 6.07) is 10.2. The second-order valence-electron chi connectivity index (χ2n) is 5.14. The lowest BCUT2D eigenvalue weighted by atomic mass is 9.92. The standard InChI is InChI=1S/C16H20N4/c1-17-16(13-8-4-2-5-9-13)15-12-18-20(19-15)14-10-6-3-7-11-14/h3,6-8,10-12,16-17H,2,4-5,9H2,1H3. The van der Waals surface area contributed by atoms with Crippen LogP contribution in [0.25, 0.3) is 5.69 Å². The minimum absolute atomic E-state index is 0.188. The molecule has 1 unspecified atom stereocenters. The number of rotatable bonds is 4. The lowest BCUT2D eigenvalue weighted by Crippen LogP contribution is -2.20. The Morgan fingerprint density at radius 3 is 2.75 bits per heavy atom. The number of para-hydroxylation sites is 1. The molecule has 1 heterocycles. The first-order valence-electron chi connectivity index (χ1n) is 7.22. The molecule has 1 aliphatic rings. The summed E-state index contributed by atoms with van der Waals surface area (Å²) in [5, 5.41) is 12.4. The molecule has 1 aromatic heterocycles. The van der Waals surface area contributed by atoms with Crippen molar-refractivity contribution in [3.8, 4) is 5.69 Å². The second kappa shape index (κ2) is 6.01. The molecule has 0 amide bonds. The number of hydrogen-bond acceptors (Lipinski definition) is 3. The zero-order valence-electron chi connectivity index (χ0n) is 11.8. The van der Waals surface area contributed by atoms with Gasteiger partial charge in [0.1, 0.15) is 5.69 Å². The Bertz CT molecular complexity index is 586.